The van der Waals surface area contributed by atoms with Gasteiger partial charge < -0.3 is 4.42 Å². The van der Waals surface area contributed by atoms with Crippen LogP contribution in [0, 0.1) is 0 Å². The summed E-state index contributed by atoms with van der Waals surface area (Å²) in [4.78, 5) is 10.4. The molecule has 2 heterocycles. The third-order valence-electron chi connectivity index (χ3n) is 8.88. The fourth-order valence-corrected chi connectivity index (χ4v) is 6.58. The van der Waals surface area contributed by atoms with Crippen LogP contribution < -0.4 is 0 Å². The predicted octanol–water partition coefficient (Wildman–Crippen LogP) is 11.9. The van der Waals surface area contributed by atoms with Gasteiger partial charge in [0.15, 0.2) is 0 Å². The Bertz CT molecular complexity index is 2560. The minimum Gasteiger partial charge on any atom is -0.456 e. The molecular weight excluding hydrogens is 572 g/mol. The third-order valence-corrected chi connectivity index (χ3v) is 8.88. The van der Waals surface area contributed by atoms with E-state index in [-0.39, 0.29) is 0 Å². The molecule has 9 aromatic rings. The van der Waals surface area contributed by atoms with E-state index in [4.69, 9.17) is 14.4 Å². The van der Waals surface area contributed by atoms with Gasteiger partial charge in [-0.25, -0.2) is 9.97 Å². The van der Waals surface area contributed by atoms with E-state index >= 15 is 0 Å². The van der Waals surface area contributed by atoms with Gasteiger partial charge >= 0.3 is 0 Å². The van der Waals surface area contributed by atoms with Gasteiger partial charge in [-0.05, 0) is 69.8 Å². The molecule has 0 radical (unpaired) electrons. The number of rotatable bonds is 5. The first kappa shape index (κ1) is 27.0. The van der Waals surface area contributed by atoms with Crippen molar-refractivity contribution in [3.63, 3.8) is 0 Å². The Morgan fingerprint density at radius 3 is 1.60 bits per heavy atom. The number of para-hydroxylation sites is 3. The lowest BCUT2D eigenvalue weighted by Crippen LogP contribution is -1.96. The Balaban J connectivity index is 1.15. The average Bonchev–Trinajstić information content (AvgIpc) is 3.54. The predicted molar refractivity (Wildman–Crippen MR) is 194 cm³/mol. The Morgan fingerprint density at radius 1 is 0.340 bits per heavy atom. The summed E-state index contributed by atoms with van der Waals surface area (Å²) in [6.45, 7) is 0. The third kappa shape index (κ3) is 4.86. The van der Waals surface area contributed by atoms with Crippen LogP contribution in [0.1, 0.15) is 0 Å². The lowest BCUT2D eigenvalue weighted by atomic mass is 9.95. The van der Waals surface area contributed by atoms with E-state index in [1.165, 1.54) is 11.1 Å². The van der Waals surface area contributed by atoms with E-state index in [9.17, 15) is 0 Å². The molecule has 0 atom stereocenters. The van der Waals surface area contributed by atoms with Crippen LogP contribution in [0.25, 0.3) is 88.9 Å². The first-order chi connectivity index (χ1) is 23.3. The molecule has 0 unspecified atom stereocenters. The van der Waals surface area contributed by atoms with Crippen molar-refractivity contribution in [3.8, 4) is 55.9 Å². The number of aromatic nitrogens is 2. The standard InChI is InChI=1S/C44H28N2O/c1-2-11-29(12-3-1)32-13-8-14-33(27-32)34-15-9-16-35(28-34)44-43(45-38-19-5-6-20-39(38)46-44)31-25-23-30(24-26-31)36-18-10-22-41-42(36)37-17-4-7-21-40(37)47-41/h1-28H. The van der Waals surface area contributed by atoms with Crippen molar-refractivity contribution in [2.24, 2.45) is 0 Å². The van der Waals surface area contributed by atoms with Crippen LogP contribution in [-0.2, 0) is 0 Å². The van der Waals surface area contributed by atoms with E-state index in [0.29, 0.717) is 0 Å². The minimum absolute atomic E-state index is 0.859. The van der Waals surface area contributed by atoms with Crippen molar-refractivity contribution in [1.29, 1.82) is 0 Å². The Morgan fingerprint density at radius 2 is 0.851 bits per heavy atom. The van der Waals surface area contributed by atoms with Gasteiger partial charge in [0.2, 0.25) is 0 Å². The van der Waals surface area contributed by atoms with Crippen molar-refractivity contribution in [2.45, 2.75) is 0 Å². The molecule has 0 spiro atoms. The molecule has 2 aromatic heterocycles. The van der Waals surface area contributed by atoms with Crippen molar-refractivity contribution in [2.75, 3.05) is 0 Å². The molecule has 0 aliphatic heterocycles. The van der Waals surface area contributed by atoms with E-state index in [1.54, 1.807) is 0 Å². The molecule has 0 saturated carbocycles. The first-order valence-corrected chi connectivity index (χ1v) is 15.8. The molecule has 0 aliphatic rings. The van der Waals surface area contributed by atoms with Gasteiger partial charge in [0.05, 0.1) is 22.4 Å². The summed E-state index contributed by atoms with van der Waals surface area (Å²) in [7, 11) is 0. The maximum Gasteiger partial charge on any atom is 0.136 e. The zero-order chi connectivity index (χ0) is 31.2. The summed E-state index contributed by atoms with van der Waals surface area (Å²) in [6.07, 6.45) is 0. The van der Waals surface area contributed by atoms with Gasteiger partial charge in [-0.2, -0.15) is 0 Å². The molecule has 47 heavy (non-hydrogen) atoms. The molecule has 9 rings (SSSR count). The van der Waals surface area contributed by atoms with Crippen LogP contribution in [0.15, 0.2) is 174 Å². The molecule has 0 bridgehead atoms. The molecule has 3 heteroatoms. The van der Waals surface area contributed by atoms with Crippen molar-refractivity contribution in [1.82, 2.24) is 9.97 Å². The molecule has 220 valence electrons. The number of furan rings is 1. The Labute approximate surface area is 272 Å². The number of fused-ring (bicyclic) bond motifs is 4. The second-order valence-electron chi connectivity index (χ2n) is 11.8. The van der Waals surface area contributed by atoms with Crippen molar-refractivity contribution < 1.29 is 4.42 Å². The molecular formula is C44H28N2O. The second-order valence-corrected chi connectivity index (χ2v) is 11.8. The highest BCUT2D eigenvalue weighted by Crippen LogP contribution is 2.39. The fourth-order valence-electron chi connectivity index (χ4n) is 6.58. The van der Waals surface area contributed by atoms with Crippen LogP contribution in [0.4, 0.5) is 0 Å². The summed E-state index contributed by atoms with van der Waals surface area (Å²) in [6, 6.07) is 59.1. The van der Waals surface area contributed by atoms with E-state index in [2.05, 4.69) is 121 Å². The number of nitrogens with zero attached hydrogens (tertiary/aromatic N) is 2. The zero-order valence-corrected chi connectivity index (χ0v) is 25.5. The molecule has 0 N–H and O–H groups in total. The first-order valence-electron chi connectivity index (χ1n) is 15.8. The van der Waals surface area contributed by atoms with Crippen LogP contribution in [0.5, 0.6) is 0 Å². The monoisotopic (exact) mass is 600 g/mol. The SMILES string of the molecule is c1ccc(-c2cccc(-c3cccc(-c4nc5ccccc5nc4-c4ccc(-c5cccc6oc7ccccc7c56)cc4)c3)c2)cc1. The highest BCUT2D eigenvalue weighted by Gasteiger charge is 2.16. The summed E-state index contributed by atoms with van der Waals surface area (Å²) in [5.41, 5.74) is 14.3. The highest BCUT2D eigenvalue weighted by atomic mass is 16.3. The summed E-state index contributed by atoms with van der Waals surface area (Å²) in [5, 5.41) is 2.26. The summed E-state index contributed by atoms with van der Waals surface area (Å²) in [5.74, 6) is 0. The van der Waals surface area contributed by atoms with Crippen LogP contribution in [0.2, 0.25) is 0 Å². The smallest absolute Gasteiger partial charge is 0.136 e. The number of hydrogen-bond donors (Lipinski definition) is 0. The topological polar surface area (TPSA) is 38.9 Å². The van der Waals surface area contributed by atoms with Crippen LogP contribution in [0.3, 0.4) is 0 Å². The summed E-state index contributed by atoms with van der Waals surface area (Å²) >= 11 is 0. The number of hydrogen-bond acceptors (Lipinski definition) is 3. The van der Waals surface area contributed by atoms with E-state index in [0.717, 1.165) is 77.7 Å². The quantitative estimate of drug-likeness (QED) is 0.197. The van der Waals surface area contributed by atoms with Gasteiger partial charge in [-0.3, -0.25) is 0 Å². The average molecular weight is 601 g/mol. The number of benzene rings is 7. The fraction of sp³-hybridized carbons (Fsp3) is 0. The Hall–Kier alpha value is -6.32. The van der Waals surface area contributed by atoms with E-state index < -0.39 is 0 Å². The van der Waals surface area contributed by atoms with Gasteiger partial charge in [-0.15, -0.1) is 0 Å². The lowest BCUT2D eigenvalue weighted by molar-refractivity contribution is 0.669. The normalized spacial score (nSPS) is 11.4. The molecule has 0 amide bonds. The minimum atomic E-state index is 0.859. The molecule has 0 fully saturated rings. The van der Waals surface area contributed by atoms with E-state index in [1.807, 2.05) is 48.5 Å². The second kappa shape index (κ2) is 11.2. The van der Waals surface area contributed by atoms with Gasteiger partial charge in [0.1, 0.15) is 11.2 Å². The van der Waals surface area contributed by atoms with Gasteiger partial charge in [-0.1, -0.05) is 133 Å². The van der Waals surface area contributed by atoms with Crippen molar-refractivity contribution >= 4 is 33.0 Å². The molecule has 3 nitrogen and oxygen atoms in total. The largest absolute Gasteiger partial charge is 0.456 e. The van der Waals surface area contributed by atoms with Gasteiger partial charge in [0.25, 0.3) is 0 Å². The summed E-state index contributed by atoms with van der Waals surface area (Å²) < 4.78 is 6.17. The molecule has 0 aliphatic carbocycles. The van der Waals surface area contributed by atoms with Crippen molar-refractivity contribution in [3.05, 3.63) is 170 Å². The lowest BCUT2D eigenvalue weighted by Gasteiger charge is -2.13. The molecule has 0 saturated heterocycles. The maximum absolute atomic E-state index is 6.17. The van der Waals surface area contributed by atoms with Gasteiger partial charge in [0, 0.05) is 21.9 Å². The molecule has 7 aromatic carbocycles. The highest BCUT2D eigenvalue weighted by molar-refractivity contribution is 6.12. The van der Waals surface area contributed by atoms with Crippen LogP contribution in [-0.4, -0.2) is 9.97 Å². The van der Waals surface area contributed by atoms with Crippen LogP contribution >= 0.6 is 0 Å². The zero-order valence-electron chi connectivity index (χ0n) is 25.5. The Kier molecular flexibility index (Phi) is 6.46. The maximum atomic E-state index is 6.17.